The average Bonchev–Trinajstić information content (AvgIpc) is 2.76. The zero-order valence-electron chi connectivity index (χ0n) is 12.3. The summed E-state index contributed by atoms with van der Waals surface area (Å²) in [5, 5.41) is 0. The van der Waals surface area contributed by atoms with Crippen LogP contribution in [0.5, 0.6) is 0 Å². The second kappa shape index (κ2) is 6.06. The van der Waals surface area contributed by atoms with Gasteiger partial charge in [-0.2, -0.15) is 0 Å². The molecule has 2 rings (SSSR count). The lowest BCUT2D eigenvalue weighted by atomic mass is 9.82. The van der Waals surface area contributed by atoms with E-state index in [2.05, 4.69) is 30.9 Å². The van der Waals surface area contributed by atoms with Crippen LogP contribution < -0.4 is 0 Å². The van der Waals surface area contributed by atoms with Crippen LogP contribution in [0.1, 0.15) is 33.1 Å². The fraction of sp³-hybridized carbons (Fsp3) is 0.800. The molecule has 5 unspecified atom stereocenters. The van der Waals surface area contributed by atoms with Crippen molar-refractivity contribution in [1.29, 1.82) is 0 Å². The zero-order valence-corrected chi connectivity index (χ0v) is 12.3. The van der Waals surface area contributed by atoms with Gasteiger partial charge in [0.25, 0.3) is 0 Å². The summed E-state index contributed by atoms with van der Waals surface area (Å²) in [5.74, 6) is -0.238. The maximum atomic E-state index is 11.8. The third-order valence-corrected chi connectivity index (χ3v) is 4.60. The van der Waals surface area contributed by atoms with Crippen molar-refractivity contribution in [2.75, 3.05) is 14.2 Å². The van der Waals surface area contributed by atoms with E-state index in [4.69, 9.17) is 9.47 Å². The first-order valence-electron chi connectivity index (χ1n) is 7.14. The summed E-state index contributed by atoms with van der Waals surface area (Å²) in [7, 11) is 3.15. The van der Waals surface area contributed by atoms with Crippen molar-refractivity contribution in [3.05, 3.63) is 12.2 Å². The van der Waals surface area contributed by atoms with Crippen molar-refractivity contribution in [1.82, 2.24) is 4.90 Å². The first kappa shape index (κ1) is 14.5. The molecule has 4 heteroatoms. The number of carbonyl (C=O) groups excluding carboxylic acids is 1. The standard InChI is InChI=1S/C15H25NO3/c1-10-5-6-11(2)16(10)12-7-8-13(15(17)19-4)14(9-12)18-3/h5-6,10-14H,7-9H2,1-4H3. The summed E-state index contributed by atoms with van der Waals surface area (Å²) in [6.07, 6.45) is 7.30. The monoisotopic (exact) mass is 267 g/mol. The third-order valence-electron chi connectivity index (χ3n) is 4.60. The zero-order chi connectivity index (χ0) is 14.0. The van der Waals surface area contributed by atoms with Gasteiger partial charge in [0.1, 0.15) is 0 Å². The summed E-state index contributed by atoms with van der Waals surface area (Å²) in [5.41, 5.74) is 0. The molecule has 19 heavy (non-hydrogen) atoms. The molecule has 0 spiro atoms. The Hall–Kier alpha value is -0.870. The van der Waals surface area contributed by atoms with Crippen LogP contribution in [0, 0.1) is 5.92 Å². The Bertz CT molecular complexity index is 343. The summed E-state index contributed by atoms with van der Waals surface area (Å²) < 4.78 is 10.4. The first-order chi connectivity index (χ1) is 9.08. The number of nitrogens with zero attached hydrogens (tertiary/aromatic N) is 1. The molecular weight excluding hydrogens is 242 g/mol. The molecule has 0 saturated heterocycles. The number of carbonyl (C=O) groups is 1. The summed E-state index contributed by atoms with van der Waals surface area (Å²) in [6, 6.07) is 1.45. The number of methoxy groups -OCH3 is 2. The first-order valence-corrected chi connectivity index (χ1v) is 7.14. The van der Waals surface area contributed by atoms with Gasteiger partial charge in [-0.1, -0.05) is 12.2 Å². The van der Waals surface area contributed by atoms with Gasteiger partial charge in [-0.25, -0.2) is 0 Å². The maximum absolute atomic E-state index is 11.8. The molecule has 0 aromatic heterocycles. The molecule has 0 amide bonds. The van der Waals surface area contributed by atoms with Crippen LogP contribution >= 0.6 is 0 Å². The lowest BCUT2D eigenvalue weighted by Gasteiger charge is -2.41. The molecule has 2 aliphatic rings. The second-order valence-corrected chi connectivity index (χ2v) is 5.68. The summed E-state index contributed by atoms with van der Waals surface area (Å²) in [6.45, 7) is 4.46. The predicted octanol–water partition coefficient (Wildman–Crippen LogP) is 1.99. The van der Waals surface area contributed by atoms with Gasteiger partial charge in [0.05, 0.1) is 19.1 Å². The van der Waals surface area contributed by atoms with Crippen LogP contribution in [-0.4, -0.2) is 49.3 Å². The van der Waals surface area contributed by atoms with E-state index in [1.165, 1.54) is 7.11 Å². The molecule has 1 aliphatic carbocycles. The van der Waals surface area contributed by atoms with Gasteiger partial charge in [0.15, 0.2) is 0 Å². The van der Waals surface area contributed by atoms with E-state index in [1.54, 1.807) is 7.11 Å². The molecule has 1 aliphatic heterocycles. The Morgan fingerprint density at radius 1 is 1.16 bits per heavy atom. The van der Waals surface area contributed by atoms with Crippen molar-refractivity contribution in [3.8, 4) is 0 Å². The van der Waals surface area contributed by atoms with Gasteiger partial charge in [0.2, 0.25) is 0 Å². The minimum atomic E-state index is -0.133. The quantitative estimate of drug-likeness (QED) is 0.579. The number of rotatable bonds is 3. The van der Waals surface area contributed by atoms with Gasteiger partial charge in [0, 0.05) is 25.2 Å². The Morgan fingerprint density at radius 3 is 2.32 bits per heavy atom. The van der Waals surface area contributed by atoms with Crippen molar-refractivity contribution in [3.63, 3.8) is 0 Å². The normalized spacial score (nSPS) is 39.5. The molecule has 4 nitrogen and oxygen atoms in total. The highest BCUT2D eigenvalue weighted by molar-refractivity contribution is 5.73. The van der Waals surface area contributed by atoms with E-state index in [0.29, 0.717) is 18.1 Å². The van der Waals surface area contributed by atoms with Gasteiger partial charge in [-0.15, -0.1) is 0 Å². The highest BCUT2D eigenvalue weighted by Gasteiger charge is 2.40. The Morgan fingerprint density at radius 2 is 1.79 bits per heavy atom. The van der Waals surface area contributed by atoms with E-state index in [9.17, 15) is 4.79 Å². The fourth-order valence-corrected chi connectivity index (χ4v) is 3.62. The largest absolute Gasteiger partial charge is 0.469 e. The molecule has 0 N–H and O–H groups in total. The number of hydrogen-bond acceptors (Lipinski definition) is 4. The topological polar surface area (TPSA) is 38.8 Å². The molecule has 1 saturated carbocycles. The van der Waals surface area contributed by atoms with E-state index in [0.717, 1.165) is 19.3 Å². The Balaban J connectivity index is 2.03. The Kier molecular flexibility index (Phi) is 4.63. The van der Waals surface area contributed by atoms with Crippen molar-refractivity contribution < 1.29 is 14.3 Å². The van der Waals surface area contributed by atoms with E-state index < -0.39 is 0 Å². The summed E-state index contributed by atoms with van der Waals surface area (Å²) >= 11 is 0. The summed E-state index contributed by atoms with van der Waals surface area (Å²) in [4.78, 5) is 14.3. The molecular formula is C15H25NO3. The SMILES string of the molecule is COC(=O)C1CCC(N2C(C)C=CC2C)CC1OC. The second-order valence-electron chi connectivity index (χ2n) is 5.68. The van der Waals surface area contributed by atoms with Crippen molar-refractivity contribution in [2.45, 2.75) is 57.3 Å². The van der Waals surface area contributed by atoms with Crippen LogP contribution in [0.2, 0.25) is 0 Å². The Labute approximate surface area is 115 Å². The molecule has 5 atom stereocenters. The van der Waals surface area contributed by atoms with Crippen LogP contribution in [0.25, 0.3) is 0 Å². The lowest BCUT2D eigenvalue weighted by molar-refractivity contribution is -0.153. The van der Waals surface area contributed by atoms with Gasteiger partial charge >= 0.3 is 5.97 Å². The van der Waals surface area contributed by atoms with Crippen LogP contribution in [0.15, 0.2) is 12.2 Å². The van der Waals surface area contributed by atoms with Gasteiger partial charge in [-0.3, -0.25) is 9.69 Å². The minimum Gasteiger partial charge on any atom is -0.469 e. The van der Waals surface area contributed by atoms with Crippen LogP contribution in [0.4, 0.5) is 0 Å². The average molecular weight is 267 g/mol. The van der Waals surface area contributed by atoms with E-state index >= 15 is 0 Å². The van der Waals surface area contributed by atoms with Gasteiger partial charge < -0.3 is 9.47 Å². The van der Waals surface area contributed by atoms with Crippen molar-refractivity contribution in [2.24, 2.45) is 5.92 Å². The van der Waals surface area contributed by atoms with Gasteiger partial charge in [-0.05, 0) is 33.1 Å². The number of ether oxygens (including phenoxy) is 2. The van der Waals surface area contributed by atoms with Crippen LogP contribution in [-0.2, 0) is 14.3 Å². The van der Waals surface area contributed by atoms with E-state index in [1.807, 2.05) is 0 Å². The molecule has 0 aromatic rings. The molecule has 1 heterocycles. The number of esters is 1. The highest BCUT2D eigenvalue weighted by Crippen LogP contribution is 2.34. The van der Waals surface area contributed by atoms with Crippen molar-refractivity contribution >= 4 is 5.97 Å². The fourth-order valence-electron chi connectivity index (χ4n) is 3.62. The molecule has 0 radical (unpaired) electrons. The highest BCUT2D eigenvalue weighted by atomic mass is 16.5. The maximum Gasteiger partial charge on any atom is 0.311 e. The third kappa shape index (κ3) is 2.84. The molecule has 1 fully saturated rings. The number of hydrogen-bond donors (Lipinski definition) is 0. The molecule has 108 valence electrons. The smallest absolute Gasteiger partial charge is 0.311 e. The van der Waals surface area contributed by atoms with Crippen LogP contribution in [0.3, 0.4) is 0 Å². The lowest BCUT2D eigenvalue weighted by Crippen LogP contribution is -2.49. The predicted molar refractivity (Wildman–Crippen MR) is 73.8 cm³/mol. The molecule has 0 bridgehead atoms. The minimum absolute atomic E-state index is 0.0220. The van der Waals surface area contributed by atoms with E-state index in [-0.39, 0.29) is 18.0 Å². The molecule has 0 aromatic carbocycles.